The highest BCUT2D eigenvalue weighted by atomic mass is 32.2. The van der Waals surface area contributed by atoms with E-state index in [2.05, 4.69) is 14.9 Å². The molecule has 0 bridgehead atoms. The molecule has 0 spiro atoms. The largest absolute Gasteiger partial charge is 0.484 e. The number of esters is 1. The molecular weight excluding hydrogens is 352 g/mol. The van der Waals surface area contributed by atoms with Crippen LogP contribution in [-0.2, 0) is 17.1 Å². The number of aryl methyl sites for hydroxylation is 1. The van der Waals surface area contributed by atoms with Gasteiger partial charge in [0.25, 0.3) is 11.1 Å². The number of aromatic nitrogens is 2. The van der Waals surface area contributed by atoms with Crippen LogP contribution in [0.3, 0.4) is 0 Å². The molecule has 0 amide bonds. The molecule has 0 saturated carbocycles. The number of thioether (sulfide) groups is 1. The van der Waals surface area contributed by atoms with Gasteiger partial charge in [-0.3, -0.25) is 0 Å². The van der Waals surface area contributed by atoms with Crippen molar-refractivity contribution in [1.82, 2.24) is 10.2 Å². The average Bonchev–Trinajstić information content (AvgIpc) is 3.12. The second-order valence-electron chi connectivity index (χ2n) is 5.54. The zero-order valence-corrected chi connectivity index (χ0v) is 15.3. The van der Waals surface area contributed by atoms with E-state index in [0.717, 1.165) is 16.9 Å². The van der Waals surface area contributed by atoms with Crippen molar-refractivity contribution in [2.24, 2.45) is 0 Å². The lowest BCUT2D eigenvalue weighted by atomic mass is 10.1. The standard InChI is InChI=1S/C19H18N2O4S/c1-13-4-3-5-16(10-13)24-11-17-20-21-19(25-17)26-12-14-6-8-15(9-7-14)18(22)23-2/h3-10H,11-12H2,1-2H3. The first-order chi connectivity index (χ1) is 12.6. The highest BCUT2D eigenvalue weighted by Crippen LogP contribution is 2.22. The van der Waals surface area contributed by atoms with Crippen LogP contribution in [0.4, 0.5) is 0 Å². The normalized spacial score (nSPS) is 10.5. The van der Waals surface area contributed by atoms with E-state index >= 15 is 0 Å². The van der Waals surface area contributed by atoms with Crippen molar-refractivity contribution < 1.29 is 18.7 Å². The Morgan fingerprint density at radius 3 is 2.69 bits per heavy atom. The molecule has 134 valence electrons. The summed E-state index contributed by atoms with van der Waals surface area (Å²) in [7, 11) is 1.36. The highest BCUT2D eigenvalue weighted by molar-refractivity contribution is 7.98. The van der Waals surface area contributed by atoms with Gasteiger partial charge in [-0.2, -0.15) is 0 Å². The summed E-state index contributed by atoms with van der Waals surface area (Å²) < 4.78 is 15.9. The topological polar surface area (TPSA) is 74.5 Å². The fourth-order valence-electron chi connectivity index (χ4n) is 2.21. The third-order valence-corrected chi connectivity index (χ3v) is 4.43. The molecule has 2 aromatic carbocycles. The van der Waals surface area contributed by atoms with Crippen LogP contribution in [0.5, 0.6) is 5.75 Å². The Labute approximate surface area is 155 Å². The fraction of sp³-hybridized carbons (Fsp3) is 0.211. The molecular formula is C19H18N2O4S. The van der Waals surface area contributed by atoms with E-state index in [1.165, 1.54) is 18.9 Å². The second kappa shape index (κ2) is 8.53. The minimum Gasteiger partial charge on any atom is -0.484 e. The van der Waals surface area contributed by atoms with Gasteiger partial charge in [-0.25, -0.2) is 4.79 Å². The lowest BCUT2D eigenvalue weighted by Crippen LogP contribution is -2.00. The Hall–Kier alpha value is -2.80. The predicted octanol–water partition coefficient (Wildman–Crippen LogP) is 4.04. The molecule has 0 aliphatic carbocycles. The quantitative estimate of drug-likeness (QED) is 0.459. The van der Waals surface area contributed by atoms with Crippen molar-refractivity contribution in [3.63, 3.8) is 0 Å². The van der Waals surface area contributed by atoms with Crippen LogP contribution >= 0.6 is 11.8 Å². The molecule has 3 rings (SSSR count). The van der Waals surface area contributed by atoms with E-state index in [1.54, 1.807) is 12.1 Å². The molecule has 0 aliphatic rings. The van der Waals surface area contributed by atoms with Crippen LogP contribution in [0, 0.1) is 6.92 Å². The zero-order chi connectivity index (χ0) is 18.4. The van der Waals surface area contributed by atoms with Crippen molar-refractivity contribution in [1.29, 1.82) is 0 Å². The minimum atomic E-state index is -0.348. The third-order valence-electron chi connectivity index (χ3n) is 3.54. The van der Waals surface area contributed by atoms with E-state index in [-0.39, 0.29) is 12.6 Å². The van der Waals surface area contributed by atoms with Crippen molar-refractivity contribution in [2.45, 2.75) is 24.5 Å². The SMILES string of the molecule is COC(=O)c1ccc(CSc2nnc(COc3cccc(C)c3)o2)cc1. The number of nitrogens with zero attached hydrogens (tertiary/aromatic N) is 2. The van der Waals surface area contributed by atoms with Crippen LogP contribution < -0.4 is 4.74 Å². The van der Waals surface area contributed by atoms with Crippen LogP contribution in [0.15, 0.2) is 58.2 Å². The number of hydrogen-bond donors (Lipinski definition) is 0. The molecule has 6 nitrogen and oxygen atoms in total. The minimum absolute atomic E-state index is 0.227. The monoisotopic (exact) mass is 370 g/mol. The van der Waals surface area contributed by atoms with Crippen LogP contribution in [0.2, 0.25) is 0 Å². The summed E-state index contributed by atoms with van der Waals surface area (Å²) in [6.45, 7) is 2.23. The summed E-state index contributed by atoms with van der Waals surface area (Å²) in [6.07, 6.45) is 0. The summed E-state index contributed by atoms with van der Waals surface area (Å²) in [4.78, 5) is 11.4. The molecule has 0 saturated heterocycles. The average molecular weight is 370 g/mol. The number of methoxy groups -OCH3 is 1. The summed E-state index contributed by atoms with van der Waals surface area (Å²) in [5.41, 5.74) is 2.69. The summed E-state index contributed by atoms with van der Waals surface area (Å²) in [5, 5.41) is 8.48. The first kappa shape index (κ1) is 18.0. The lowest BCUT2D eigenvalue weighted by molar-refractivity contribution is 0.0600. The highest BCUT2D eigenvalue weighted by Gasteiger charge is 2.09. The zero-order valence-electron chi connectivity index (χ0n) is 14.5. The molecule has 0 N–H and O–H groups in total. The Morgan fingerprint density at radius 1 is 1.15 bits per heavy atom. The molecule has 1 aromatic heterocycles. The van der Waals surface area contributed by atoms with Crippen molar-refractivity contribution >= 4 is 17.7 Å². The molecule has 0 aliphatic heterocycles. The van der Waals surface area contributed by atoms with Gasteiger partial charge in [-0.15, -0.1) is 10.2 Å². The fourth-order valence-corrected chi connectivity index (χ4v) is 2.94. The second-order valence-corrected chi connectivity index (χ2v) is 6.47. The Bertz CT molecular complexity index is 877. The number of rotatable bonds is 7. The maximum atomic E-state index is 11.4. The van der Waals surface area contributed by atoms with E-state index in [4.69, 9.17) is 9.15 Å². The van der Waals surface area contributed by atoms with Gasteiger partial charge in [0.05, 0.1) is 12.7 Å². The summed E-state index contributed by atoms with van der Waals surface area (Å²) >= 11 is 1.43. The molecule has 1 heterocycles. The van der Waals surface area contributed by atoms with Crippen LogP contribution in [-0.4, -0.2) is 23.3 Å². The molecule has 0 radical (unpaired) electrons. The molecule has 0 atom stereocenters. The van der Waals surface area contributed by atoms with Crippen molar-refractivity contribution in [3.8, 4) is 5.75 Å². The van der Waals surface area contributed by atoms with E-state index in [1.807, 2.05) is 43.3 Å². The van der Waals surface area contributed by atoms with Gasteiger partial charge in [-0.1, -0.05) is 36.0 Å². The number of benzene rings is 2. The number of ether oxygens (including phenoxy) is 2. The molecule has 0 unspecified atom stereocenters. The molecule has 26 heavy (non-hydrogen) atoms. The van der Waals surface area contributed by atoms with E-state index < -0.39 is 0 Å². The third kappa shape index (κ3) is 4.86. The van der Waals surface area contributed by atoms with Crippen LogP contribution in [0.25, 0.3) is 0 Å². The van der Waals surface area contributed by atoms with Gasteiger partial charge < -0.3 is 13.9 Å². The van der Waals surface area contributed by atoms with Crippen molar-refractivity contribution in [2.75, 3.05) is 7.11 Å². The van der Waals surface area contributed by atoms with Gasteiger partial charge in [0.1, 0.15) is 5.75 Å². The maximum Gasteiger partial charge on any atom is 0.337 e. The predicted molar refractivity (Wildman–Crippen MR) is 97.2 cm³/mol. The van der Waals surface area contributed by atoms with Crippen molar-refractivity contribution in [3.05, 3.63) is 71.1 Å². The maximum absolute atomic E-state index is 11.4. The number of hydrogen-bond acceptors (Lipinski definition) is 7. The first-order valence-electron chi connectivity index (χ1n) is 7.96. The first-order valence-corrected chi connectivity index (χ1v) is 8.94. The van der Waals surface area contributed by atoms with Gasteiger partial charge in [0.2, 0.25) is 0 Å². The van der Waals surface area contributed by atoms with E-state index in [0.29, 0.717) is 22.4 Å². The lowest BCUT2D eigenvalue weighted by Gasteiger charge is -2.03. The molecule has 0 fully saturated rings. The van der Waals surface area contributed by atoms with Gasteiger partial charge in [-0.05, 0) is 42.3 Å². The Kier molecular flexibility index (Phi) is 5.91. The van der Waals surface area contributed by atoms with Gasteiger partial charge in [0, 0.05) is 5.75 Å². The Morgan fingerprint density at radius 2 is 1.96 bits per heavy atom. The van der Waals surface area contributed by atoms with E-state index in [9.17, 15) is 4.79 Å². The van der Waals surface area contributed by atoms with Crippen LogP contribution in [0.1, 0.15) is 27.4 Å². The Balaban J connectivity index is 1.51. The van der Waals surface area contributed by atoms with Gasteiger partial charge >= 0.3 is 5.97 Å². The molecule has 7 heteroatoms. The molecule has 3 aromatic rings. The summed E-state index contributed by atoms with van der Waals surface area (Å²) in [5.74, 6) is 1.50. The smallest absolute Gasteiger partial charge is 0.337 e. The number of carbonyl (C=O) groups is 1. The van der Waals surface area contributed by atoms with Gasteiger partial charge in [0.15, 0.2) is 6.61 Å². The number of carbonyl (C=O) groups excluding carboxylic acids is 1. The summed E-state index contributed by atoms with van der Waals surface area (Å²) in [6, 6.07) is 15.0.